The van der Waals surface area contributed by atoms with Crippen LogP contribution in [0.5, 0.6) is 0 Å². The van der Waals surface area contributed by atoms with Crippen molar-refractivity contribution >= 4 is 7.14 Å². The van der Waals surface area contributed by atoms with Gasteiger partial charge in [0, 0.05) is 6.16 Å². The van der Waals surface area contributed by atoms with Crippen LogP contribution >= 0.6 is 7.14 Å². The Balaban J connectivity index is 3.04. The van der Waals surface area contributed by atoms with E-state index >= 15 is 0 Å². The zero-order valence-electron chi connectivity index (χ0n) is 9.75. The third-order valence-corrected chi connectivity index (χ3v) is 3.34. The van der Waals surface area contributed by atoms with Gasteiger partial charge in [0.2, 0.25) is 0 Å². The molecule has 0 radical (unpaired) electrons. The predicted octanol–water partition coefficient (Wildman–Crippen LogP) is 4.07. The van der Waals surface area contributed by atoms with Crippen LogP contribution in [0.3, 0.4) is 0 Å². The summed E-state index contributed by atoms with van der Waals surface area (Å²) >= 11 is 0. The molecule has 0 spiro atoms. The molecular formula is C12H18FOP. The van der Waals surface area contributed by atoms with E-state index in [4.69, 9.17) is 0 Å². The van der Waals surface area contributed by atoms with Gasteiger partial charge in [-0.2, -0.15) is 0 Å². The Morgan fingerprint density at radius 3 is 2.33 bits per heavy atom. The van der Waals surface area contributed by atoms with Crippen LogP contribution in [0.15, 0.2) is 18.2 Å². The SMILES string of the molecule is CC(C)c1cc(F)cc(CP(C)(C)=O)c1. The van der Waals surface area contributed by atoms with Crippen molar-refractivity contribution in [1.82, 2.24) is 0 Å². The second-order valence-electron chi connectivity index (χ2n) is 4.78. The van der Waals surface area contributed by atoms with Crippen LogP contribution in [0.25, 0.3) is 0 Å². The van der Waals surface area contributed by atoms with Gasteiger partial charge in [-0.25, -0.2) is 4.39 Å². The van der Waals surface area contributed by atoms with Gasteiger partial charge >= 0.3 is 0 Å². The molecule has 0 aliphatic rings. The van der Waals surface area contributed by atoms with E-state index in [2.05, 4.69) is 0 Å². The predicted molar refractivity (Wildman–Crippen MR) is 63.6 cm³/mol. The molecule has 0 aliphatic heterocycles. The van der Waals surface area contributed by atoms with Crippen molar-refractivity contribution in [2.75, 3.05) is 13.3 Å². The number of benzene rings is 1. The highest BCUT2D eigenvalue weighted by Crippen LogP contribution is 2.40. The Hall–Kier alpha value is -0.620. The summed E-state index contributed by atoms with van der Waals surface area (Å²) in [5.41, 5.74) is 1.81. The summed E-state index contributed by atoms with van der Waals surface area (Å²) in [5.74, 6) is 0.0668. The lowest BCUT2D eigenvalue weighted by atomic mass is 10.0. The molecule has 0 aromatic heterocycles. The highest BCUT2D eigenvalue weighted by Gasteiger charge is 2.11. The van der Waals surface area contributed by atoms with E-state index in [9.17, 15) is 8.96 Å². The second-order valence-corrected chi connectivity index (χ2v) is 8.24. The molecule has 3 heteroatoms. The highest BCUT2D eigenvalue weighted by atomic mass is 31.2. The molecular weight excluding hydrogens is 210 g/mol. The van der Waals surface area contributed by atoms with E-state index in [0.717, 1.165) is 11.1 Å². The summed E-state index contributed by atoms with van der Waals surface area (Å²) in [6.45, 7) is 7.51. The van der Waals surface area contributed by atoms with Crippen LogP contribution in [-0.2, 0) is 10.7 Å². The van der Waals surface area contributed by atoms with Crippen LogP contribution in [0.2, 0.25) is 0 Å². The van der Waals surface area contributed by atoms with Gasteiger partial charge in [-0.15, -0.1) is 0 Å². The lowest BCUT2D eigenvalue weighted by Gasteiger charge is -2.11. The summed E-state index contributed by atoms with van der Waals surface area (Å²) in [6, 6.07) is 4.98. The van der Waals surface area contributed by atoms with Gasteiger partial charge in [0.15, 0.2) is 0 Å². The van der Waals surface area contributed by atoms with Crippen molar-refractivity contribution in [1.29, 1.82) is 0 Å². The monoisotopic (exact) mass is 228 g/mol. The van der Waals surface area contributed by atoms with Crippen molar-refractivity contribution in [3.8, 4) is 0 Å². The first kappa shape index (κ1) is 12.4. The molecule has 1 aromatic rings. The minimum atomic E-state index is -2.12. The van der Waals surface area contributed by atoms with E-state index in [1.807, 2.05) is 19.9 Å². The quantitative estimate of drug-likeness (QED) is 0.712. The van der Waals surface area contributed by atoms with Crippen LogP contribution in [0.1, 0.15) is 30.9 Å². The fourth-order valence-electron chi connectivity index (χ4n) is 1.54. The maximum Gasteiger partial charge on any atom is 0.123 e. The summed E-state index contributed by atoms with van der Waals surface area (Å²) in [4.78, 5) is 0. The van der Waals surface area contributed by atoms with Crippen LogP contribution in [0, 0.1) is 5.82 Å². The van der Waals surface area contributed by atoms with E-state index < -0.39 is 7.14 Å². The van der Waals surface area contributed by atoms with Gasteiger partial charge in [0.05, 0.1) is 7.14 Å². The van der Waals surface area contributed by atoms with E-state index in [1.54, 1.807) is 19.4 Å². The van der Waals surface area contributed by atoms with Crippen molar-refractivity contribution in [3.05, 3.63) is 35.1 Å². The first-order valence-corrected chi connectivity index (χ1v) is 7.90. The normalized spacial score (nSPS) is 12.1. The molecule has 0 amide bonds. The Labute approximate surface area is 91.1 Å². The second kappa shape index (κ2) is 4.49. The zero-order valence-corrected chi connectivity index (χ0v) is 10.6. The van der Waals surface area contributed by atoms with Crippen molar-refractivity contribution in [3.63, 3.8) is 0 Å². The maximum absolute atomic E-state index is 13.3. The lowest BCUT2D eigenvalue weighted by Crippen LogP contribution is -1.94. The van der Waals surface area contributed by atoms with Gasteiger partial charge in [0.1, 0.15) is 5.82 Å². The molecule has 0 atom stereocenters. The average molecular weight is 228 g/mol. The third kappa shape index (κ3) is 4.17. The molecule has 15 heavy (non-hydrogen) atoms. The molecule has 1 rings (SSSR count). The number of hydrogen-bond donors (Lipinski definition) is 0. The molecule has 1 nitrogen and oxygen atoms in total. The fourth-order valence-corrected chi connectivity index (χ4v) is 2.60. The fraction of sp³-hybridized carbons (Fsp3) is 0.500. The highest BCUT2D eigenvalue weighted by molar-refractivity contribution is 7.61. The van der Waals surface area contributed by atoms with Crippen LogP contribution in [0.4, 0.5) is 4.39 Å². The molecule has 1 aromatic carbocycles. The largest absolute Gasteiger partial charge is 0.324 e. The number of rotatable bonds is 3. The molecule has 0 aliphatic carbocycles. The number of halogens is 1. The molecule has 0 unspecified atom stereocenters. The topological polar surface area (TPSA) is 17.1 Å². The lowest BCUT2D eigenvalue weighted by molar-refractivity contribution is 0.581. The van der Waals surface area contributed by atoms with Gasteiger partial charge in [-0.1, -0.05) is 19.9 Å². The van der Waals surface area contributed by atoms with E-state index in [1.165, 1.54) is 6.07 Å². The smallest absolute Gasteiger partial charge is 0.123 e. The molecule has 84 valence electrons. The van der Waals surface area contributed by atoms with E-state index in [-0.39, 0.29) is 5.82 Å². The first-order valence-electron chi connectivity index (χ1n) is 5.11. The molecule has 0 fully saturated rings. The van der Waals surface area contributed by atoms with Crippen LogP contribution < -0.4 is 0 Å². The molecule has 0 saturated carbocycles. The van der Waals surface area contributed by atoms with Crippen molar-refractivity contribution in [2.45, 2.75) is 25.9 Å². The van der Waals surface area contributed by atoms with Crippen LogP contribution in [-0.4, -0.2) is 13.3 Å². The van der Waals surface area contributed by atoms with Gasteiger partial charge < -0.3 is 4.57 Å². The Bertz CT molecular complexity index is 393. The maximum atomic E-state index is 13.3. The van der Waals surface area contributed by atoms with E-state index in [0.29, 0.717) is 12.1 Å². The molecule has 0 N–H and O–H groups in total. The zero-order chi connectivity index (χ0) is 11.6. The Morgan fingerprint density at radius 2 is 1.87 bits per heavy atom. The van der Waals surface area contributed by atoms with Crippen molar-refractivity contribution in [2.24, 2.45) is 0 Å². The summed E-state index contributed by atoms with van der Waals surface area (Å²) in [5, 5.41) is 0. The summed E-state index contributed by atoms with van der Waals surface area (Å²) in [6.07, 6.45) is 0.477. The standard InChI is InChI=1S/C12H18FOP/c1-9(2)11-5-10(6-12(13)7-11)8-15(3,4)14/h5-7,9H,8H2,1-4H3. The third-order valence-electron chi connectivity index (χ3n) is 2.21. The average Bonchev–Trinajstić information content (AvgIpc) is 1.99. The summed E-state index contributed by atoms with van der Waals surface area (Å²) in [7, 11) is -2.12. The van der Waals surface area contributed by atoms with Gasteiger partial charge in [-0.05, 0) is 42.5 Å². The van der Waals surface area contributed by atoms with Gasteiger partial charge in [0.25, 0.3) is 0 Å². The Kier molecular flexibility index (Phi) is 3.72. The molecule has 0 bridgehead atoms. The first-order chi connectivity index (χ1) is 6.78. The minimum Gasteiger partial charge on any atom is -0.324 e. The number of hydrogen-bond acceptors (Lipinski definition) is 1. The van der Waals surface area contributed by atoms with Crippen molar-refractivity contribution < 1.29 is 8.96 Å². The van der Waals surface area contributed by atoms with Gasteiger partial charge in [-0.3, -0.25) is 0 Å². The molecule has 0 heterocycles. The summed E-state index contributed by atoms with van der Waals surface area (Å²) < 4.78 is 24.9. The Morgan fingerprint density at radius 1 is 1.27 bits per heavy atom. The molecule has 0 saturated heterocycles. The minimum absolute atomic E-state index is 0.232.